The summed E-state index contributed by atoms with van der Waals surface area (Å²) in [6.07, 6.45) is 4.95. The van der Waals surface area contributed by atoms with Crippen LogP contribution in [-0.2, 0) is 11.3 Å². The van der Waals surface area contributed by atoms with Crippen LogP contribution in [0.25, 0.3) is 6.08 Å². The summed E-state index contributed by atoms with van der Waals surface area (Å²) in [5.41, 5.74) is 1.64. The van der Waals surface area contributed by atoms with E-state index in [-0.39, 0.29) is 18.2 Å². The van der Waals surface area contributed by atoms with Crippen molar-refractivity contribution in [3.05, 3.63) is 88.7 Å². The number of phenols is 1. The Balaban J connectivity index is 1.62. The Labute approximate surface area is 189 Å². The maximum atomic E-state index is 13.1. The summed E-state index contributed by atoms with van der Waals surface area (Å²) in [5.74, 6) is 0.858. The van der Waals surface area contributed by atoms with Gasteiger partial charge in [-0.2, -0.15) is 5.10 Å². The predicted octanol–water partition coefficient (Wildman–Crippen LogP) is 4.89. The molecule has 0 radical (unpaired) electrons. The van der Waals surface area contributed by atoms with E-state index in [1.54, 1.807) is 48.9 Å². The van der Waals surface area contributed by atoms with Crippen LogP contribution in [0.3, 0.4) is 0 Å². The number of carbonyl (C=O) groups is 1. The topological polar surface area (TPSA) is 87.6 Å². The molecule has 0 spiro atoms. The molecule has 32 heavy (non-hydrogen) atoms. The van der Waals surface area contributed by atoms with Gasteiger partial charge in [0, 0.05) is 0 Å². The zero-order valence-corrected chi connectivity index (χ0v) is 18.2. The van der Waals surface area contributed by atoms with Crippen LogP contribution in [0.2, 0.25) is 0 Å². The summed E-state index contributed by atoms with van der Waals surface area (Å²) in [4.78, 5) is 15.2. The van der Waals surface area contributed by atoms with Gasteiger partial charge in [0.25, 0.3) is 5.91 Å². The molecule has 1 N–H and O–H groups in total. The van der Waals surface area contributed by atoms with Crippen LogP contribution in [-0.4, -0.2) is 33.9 Å². The lowest BCUT2D eigenvalue weighted by atomic mass is 10.2. The van der Waals surface area contributed by atoms with Crippen molar-refractivity contribution in [2.24, 2.45) is 10.2 Å². The third kappa shape index (κ3) is 5.09. The molecule has 0 bridgehead atoms. The van der Waals surface area contributed by atoms with E-state index in [9.17, 15) is 9.90 Å². The van der Waals surface area contributed by atoms with Gasteiger partial charge in [-0.25, -0.2) is 0 Å². The standard InChI is InChI=1S/C24H21N3O4S/c1-2-30-21-13-18(10-11-20(21)28)14-22-23(29)27(16-19-9-6-12-31-19)24(32-22)26-25-15-17-7-4-3-5-8-17/h3-15,28H,2,16H2,1H3/b22-14-,25-15-,26-24+. The highest BCUT2D eigenvalue weighted by atomic mass is 32.2. The van der Waals surface area contributed by atoms with Crippen molar-refractivity contribution < 1.29 is 19.1 Å². The minimum atomic E-state index is -0.203. The minimum absolute atomic E-state index is 0.0522. The monoisotopic (exact) mass is 447 g/mol. The summed E-state index contributed by atoms with van der Waals surface area (Å²) in [6.45, 7) is 2.51. The van der Waals surface area contributed by atoms with Crippen LogP contribution in [0.4, 0.5) is 0 Å². The fraction of sp³-hybridized carbons (Fsp3) is 0.125. The number of benzene rings is 2. The number of hydrogen-bond donors (Lipinski definition) is 1. The first-order valence-electron chi connectivity index (χ1n) is 9.99. The predicted molar refractivity (Wildman–Crippen MR) is 126 cm³/mol. The lowest BCUT2D eigenvalue weighted by molar-refractivity contribution is -0.122. The van der Waals surface area contributed by atoms with E-state index in [2.05, 4.69) is 10.2 Å². The molecule has 1 amide bonds. The number of rotatable bonds is 7. The molecule has 1 saturated heterocycles. The molecule has 1 aliphatic rings. The Hall–Kier alpha value is -3.78. The molecule has 1 aliphatic heterocycles. The molecule has 1 fully saturated rings. The molecule has 2 aromatic carbocycles. The van der Waals surface area contributed by atoms with Crippen LogP contribution in [0.5, 0.6) is 11.5 Å². The Morgan fingerprint density at radius 1 is 1.12 bits per heavy atom. The normalized spacial score (nSPS) is 16.5. The Morgan fingerprint density at radius 2 is 1.97 bits per heavy atom. The quantitative estimate of drug-likeness (QED) is 0.317. The molecule has 0 atom stereocenters. The summed E-state index contributed by atoms with van der Waals surface area (Å²) >= 11 is 1.23. The van der Waals surface area contributed by atoms with Gasteiger partial charge in [-0.05, 0) is 60.2 Å². The van der Waals surface area contributed by atoms with E-state index < -0.39 is 0 Å². The molecule has 8 heteroatoms. The molecule has 0 unspecified atom stereocenters. The largest absolute Gasteiger partial charge is 0.504 e. The fourth-order valence-corrected chi connectivity index (χ4v) is 3.94. The van der Waals surface area contributed by atoms with Crippen LogP contribution in [0.15, 0.2) is 86.5 Å². The molecule has 0 saturated carbocycles. The van der Waals surface area contributed by atoms with E-state index in [1.165, 1.54) is 16.7 Å². The zero-order valence-electron chi connectivity index (χ0n) is 17.3. The van der Waals surface area contributed by atoms with E-state index in [1.807, 2.05) is 37.3 Å². The lowest BCUT2D eigenvalue weighted by Crippen LogP contribution is -2.28. The maximum Gasteiger partial charge on any atom is 0.267 e. The SMILES string of the molecule is CCOc1cc(/C=C2\S/C(=N/N=C\c3ccccc3)N(Cc3ccco3)C2=O)ccc1O. The van der Waals surface area contributed by atoms with Crippen LogP contribution in [0.1, 0.15) is 23.8 Å². The van der Waals surface area contributed by atoms with E-state index in [4.69, 9.17) is 9.15 Å². The van der Waals surface area contributed by atoms with Crippen molar-refractivity contribution in [3.63, 3.8) is 0 Å². The van der Waals surface area contributed by atoms with Crippen LogP contribution < -0.4 is 4.74 Å². The molecule has 1 aromatic heterocycles. The summed E-state index contributed by atoms with van der Waals surface area (Å²) < 4.78 is 10.9. The number of furan rings is 1. The van der Waals surface area contributed by atoms with Gasteiger partial charge in [-0.1, -0.05) is 36.4 Å². The third-order valence-electron chi connectivity index (χ3n) is 4.51. The number of carbonyl (C=O) groups excluding carboxylic acids is 1. The van der Waals surface area contributed by atoms with Crippen molar-refractivity contribution in [1.29, 1.82) is 0 Å². The zero-order chi connectivity index (χ0) is 22.3. The Bertz CT molecular complexity index is 1170. The number of amidine groups is 1. The molecule has 7 nitrogen and oxygen atoms in total. The van der Waals surface area contributed by atoms with Crippen molar-refractivity contribution in [3.8, 4) is 11.5 Å². The molecule has 162 valence electrons. The van der Waals surface area contributed by atoms with Crippen LogP contribution in [0, 0.1) is 0 Å². The fourth-order valence-electron chi connectivity index (χ4n) is 3.01. The first-order valence-corrected chi connectivity index (χ1v) is 10.8. The van der Waals surface area contributed by atoms with Gasteiger partial charge in [0.2, 0.25) is 0 Å². The average molecular weight is 448 g/mol. The number of amides is 1. The summed E-state index contributed by atoms with van der Waals surface area (Å²) in [7, 11) is 0. The van der Waals surface area contributed by atoms with Crippen molar-refractivity contribution in [2.45, 2.75) is 13.5 Å². The van der Waals surface area contributed by atoms with Crippen LogP contribution >= 0.6 is 11.8 Å². The van der Waals surface area contributed by atoms with Crippen molar-refractivity contribution >= 4 is 35.1 Å². The first-order chi connectivity index (χ1) is 15.6. The summed E-state index contributed by atoms with van der Waals surface area (Å²) in [6, 6.07) is 18.1. The van der Waals surface area contributed by atoms with E-state index >= 15 is 0 Å². The highest BCUT2D eigenvalue weighted by molar-refractivity contribution is 8.18. The van der Waals surface area contributed by atoms with Gasteiger partial charge in [-0.3, -0.25) is 9.69 Å². The molecule has 2 heterocycles. The van der Waals surface area contributed by atoms with Gasteiger partial charge < -0.3 is 14.3 Å². The molecule has 4 rings (SSSR count). The smallest absolute Gasteiger partial charge is 0.267 e. The minimum Gasteiger partial charge on any atom is -0.504 e. The number of thioether (sulfide) groups is 1. The average Bonchev–Trinajstić information content (AvgIpc) is 3.41. The Morgan fingerprint density at radius 3 is 2.72 bits per heavy atom. The Kier molecular flexibility index (Phi) is 6.72. The highest BCUT2D eigenvalue weighted by Crippen LogP contribution is 2.35. The maximum absolute atomic E-state index is 13.1. The number of nitrogens with zero attached hydrogens (tertiary/aromatic N) is 3. The molecular formula is C24H21N3O4S. The molecule has 3 aromatic rings. The van der Waals surface area contributed by atoms with Gasteiger partial charge >= 0.3 is 0 Å². The van der Waals surface area contributed by atoms with Gasteiger partial charge in [-0.15, -0.1) is 5.10 Å². The van der Waals surface area contributed by atoms with Gasteiger partial charge in [0.15, 0.2) is 16.7 Å². The second kappa shape index (κ2) is 10.0. The summed E-state index contributed by atoms with van der Waals surface area (Å²) in [5, 5.41) is 18.8. The highest BCUT2D eigenvalue weighted by Gasteiger charge is 2.34. The molecule has 0 aliphatic carbocycles. The number of hydrogen-bond acceptors (Lipinski definition) is 7. The number of phenolic OH excluding ortho intramolecular Hbond substituents is 1. The number of ether oxygens (including phenoxy) is 1. The number of aromatic hydroxyl groups is 1. The van der Waals surface area contributed by atoms with Crippen molar-refractivity contribution in [1.82, 2.24) is 4.90 Å². The van der Waals surface area contributed by atoms with Gasteiger partial charge in [0.1, 0.15) is 5.76 Å². The van der Waals surface area contributed by atoms with E-state index in [0.29, 0.717) is 28.2 Å². The first kappa shape index (κ1) is 21.5. The lowest BCUT2D eigenvalue weighted by Gasteiger charge is -2.12. The van der Waals surface area contributed by atoms with E-state index in [0.717, 1.165) is 11.1 Å². The molecular weight excluding hydrogens is 426 g/mol. The van der Waals surface area contributed by atoms with Gasteiger partial charge in [0.05, 0.1) is 30.5 Å². The second-order valence-electron chi connectivity index (χ2n) is 6.78. The third-order valence-corrected chi connectivity index (χ3v) is 5.51. The second-order valence-corrected chi connectivity index (χ2v) is 7.79. The van der Waals surface area contributed by atoms with Crippen molar-refractivity contribution in [2.75, 3.05) is 6.61 Å².